The molecule has 0 aliphatic rings. The molecule has 1 aromatic heterocycles. The molecular weight excluding hydrogens is 295 g/mol. The van der Waals surface area contributed by atoms with Gasteiger partial charge in [-0.1, -0.05) is 29.8 Å². The number of nitrogens with zero attached hydrogens (tertiary/aromatic N) is 2. The lowest BCUT2D eigenvalue weighted by atomic mass is 10.2. The zero-order chi connectivity index (χ0) is 14.1. The Bertz CT molecular complexity index is 768. The number of rotatable bonds is 3. The van der Waals surface area contributed by atoms with E-state index in [1.54, 1.807) is 7.11 Å². The predicted octanol–water partition coefficient (Wildman–Crippen LogP) is 4.43. The van der Waals surface area contributed by atoms with Crippen LogP contribution in [0.15, 0.2) is 42.5 Å². The van der Waals surface area contributed by atoms with Gasteiger partial charge in [-0.15, -0.1) is 11.6 Å². The summed E-state index contributed by atoms with van der Waals surface area (Å²) in [6, 6.07) is 13.4. The Morgan fingerprint density at radius 3 is 2.65 bits per heavy atom. The first-order valence-electron chi connectivity index (χ1n) is 6.11. The molecule has 1 heterocycles. The van der Waals surface area contributed by atoms with Crippen molar-refractivity contribution in [1.82, 2.24) is 9.55 Å². The summed E-state index contributed by atoms with van der Waals surface area (Å²) < 4.78 is 7.32. The van der Waals surface area contributed by atoms with Gasteiger partial charge in [-0.05, 0) is 24.3 Å². The van der Waals surface area contributed by atoms with Crippen LogP contribution < -0.4 is 4.74 Å². The fourth-order valence-corrected chi connectivity index (χ4v) is 2.68. The number of methoxy groups -OCH3 is 1. The van der Waals surface area contributed by atoms with Gasteiger partial charge in [0.15, 0.2) is 0 Å². The SMILES string of the molecule is COc1cccc2c1nc(CCl)n2-c1ccccc1Cl. The van der Waals surface area contributed by atoms with E-state index >= 15 is 0 Å². The van der Waals surface area contributed by atoms with Crippen molar-refractivity contribution < 1.29 is 4.74 Å². The van der Waals surface area contributed by atoms with Crippen LogP contribution in [0.3, 0.4) is 0 Å². The predicted molar refractivity (Wildman–Crippen MR) is 82.2 cm³/mol. The van der Waals surface area contributed by atoms with E-state index in [-0.39, 0.29) is 0 Å². The van der Waals surface area contributed by atoms with Gasteiger partial charge in [0, 0.05) is 0 Å². The third kappa shape index (κ3) is 2.03. The van der Waals surface area contributed by atoms with Crippen molar-refractivity contribution in [3.05, 3.63) is 53.3 Å². The third-order valence-corrected chi connectivity index (χ3v) is 3.71. The summed E-state index contributed by atoms with van der Waals surface area (Å²) in [5.74, 6) is 1.75. The average Bonchev–Trinajstić information content (AvgIpc) is 2.86. The Kier molecular flexibility index (Phi) is 3.55. The summed E-state index contributed by atoms with van der Waals surface area (Å²) in [6.07, 6.45) is 0. The lowest BCUT2D eigenvalue weighted by Crippen LogP contribution is -1.99. The van der Waals surface area contributed by atoms with E-state index in [9.17, 15) is 0 Å². The van der Waals surface area contributed by atoms with Crippen LogP contribution in [0.4, 0.5) is 0 Å². The number of ether oxygens (including phenoxy) is 1. The van der Waals surface area contributed by atoms with Gasteiger partial charge in [-0.2, -0.15) is 0 Å². The van der Waals surface area contributed by atoms with Crippen molar-refractivity contribution in [2.45, 2.75) is 5.88 Å². The van der Waals surface area contributed by atoms with Gasteiger partial charge in [0.1, 0.15) is 17.1 Å². The quantitative estimate of drug-likeness (QED) is 0.669. The summed E-state index contributed by atoms with van der Waals surface area (Å²) in [5.41, 5.74) is 2.57. The number of para-hydroxylation sites is 2. The molecular formula is C15H12Cl2N2O. The van der Waals surface area contributed by atoms with Crippen molar-refractivity contribution in [2.75, 3.05) is 7.11 Å². The Morgan fingerprint density at radius 2 is 1.95 bits per heavy atom. The van der Waals surface area contributed by atoms with Crippen LogP contribution in [0.25, 0.3) is 16.7 Å². The van der Waals surface area contributed by atoms with Gasteiger partial charge in [-0.25, -0.2) is 4.98 Å². The number of benzene rings is 2. The zero-order valence-corrected chi connectivity index (χ0v) is 12.3. The standard InChI is InChI=1S/C15H12Cl2N2O/c1-20-13-8-4-7-12-15(13)18-14(9-16)19(12)11-6-3-2-5-10(11)17/h2-8H,9H2,1H3. The molecule has 0 fully saturated rings. The number of hydrogen-bond donors (Lipinski definition) is 0. The molecule has 0 aliphatic carbocycles. The molecule has 5 heteroatoms. The molecule has 3 rings (SSSR count). The summed E-state index contributed by atoms with van der Waals surface area (Å²) in [4.78, 5) is 4.57. The highest BCUT2D eigenvalue weighted by Crippen LogP contribution is 2.31. The van der Waals surface area contributed by atoms with Crippen LogP contribution in [0, 0.1) is 0 Å². The topological polar surface area (TPSA) is 27.1 Å². The van der Waals surface area contributed by atoms with Crippen LogP contribution in [0.1, 0.15) is 5.82 Å². The molecule has 3 aromatic rings. The largest absolute Gasteiger partial charge is 0.494 e. The first kappa shape index (κ1) is 13.3. The number of hydrogen-bond acceptors (Lipinski definition) is 2. The number of halogens is 2. The van der Waals surface area contributed by atoms with Crippen molar-refractivity contribution in [2.24, 2.45) is 0 Å². The molecule has 0 saturated heterocycles. The lowest BCUT2D eigenvalue weighted by Gasteiger charge is -2.09. The van der Waals surface area contributed by atoms with E-state index in [0.29, 0.717) is 10.9 Å². The molecule has 102 valence electrons. The minimum atomic E-state index is 0.295. The highest BCUT2D eigenvalue weighted by atomic mass is 35.5. The maximum atomic E-state index is 6.30. The summed E-state index contributed by atoms with van der Waals surface area (Å²) in [7, 11) is 1.63. The molecule has 20 heavy (non-hydrogen) atoms. The van der Waals surface area contributed by atoms with Crippen molar-refractivity contribution in [1.29, 1.82) is 0 Å². The van der Waals surface area contributed by atoms with Crippen LogP contribution >= 0.6 is 23.2 Å². The maximum Gasteiger partial charge on any atom is 0.146 e. The summed E-state index contributed by atoms with van der Waals surface area (Å²) in [6.45, 7) is 0. The van der Waals surface area contributed by atoms with Gasteiger partial charge in [-0.3, -0.25) is 4.57 Å². The highest BCUT2D eigenvalue weighted by molar-refractivity contribution is 6.32. The molecule has 0 saturated carbocycles. The van der Waals surface area contributed by atoms with E-state index < -0.39 is 0 Å². The molecule has 0 amide bonds. The number of aromatic nitrogens is 2. The van der Waals surface area contributed by atoms with Crippen LogP contribution in [0.5, 0.6) is 5.75 Å². The first-order valence-corrected chi connectivity index (χ1v) is 7.02. The normalized spacial score (nSPS) is 10.9. The molecule has 0 bridgehead atoms. The number of imidazole rings is 1. The molecule has 0 atom stereocenters. The van der Waals surface area contributed by atoms with E-state index in [2.05, 4.69) is 4.98 Å². The molecule has 3 nitrogen and oxygen atoms in total. The lowest BCUT2D eigenvalue weighted by molar-refractivity contribution is 0.419. The van der Waals surface area contributed by atoms with Crippen molar-refractivity contribution in [3.63, 3.8) is 0 Å². The maximum absolute atomic E-state index is 6.30. The molecule has 0 aliphatic heterocycles. The Hall–Kier alpha value is -1.71. The van der Waals surface area contributed by atoms with E-state index in [0.717, 1.165) is 28.3 Å². The molecule has 0 radical (unpaired) electrons. The highest BCUT2D eigenvalue weighted by Gasteiger charge is 2.16. The van der Waals surface area contributed by atoms with Crippen molar-refractivity contribution in [3.8, 4) is 11.4 Å². The van der Waals surface area contributed by atoms with Crippen LogP contribution in [-0.4, -0.2) is 16.7 Å². The molecule has 0 unspecified atom stereocenters. The van der Waals surface area contributed by atoms with Gasteiger partial charge < -0.3 is 4.74 Å². The Morgan fingerprint density at radius 1 is 1.15 bits per heavy atom. The van der Waals surface area contributed by atoms with E-state index in [1.165, 1.54) is 0 Å². The summed E-state index contributed by atoms with van der Waals surface area (Å²) >= 11 is 12.3. The monoisotopic (exact) mass is 306 g/mol. The summed E-state index contributed by atoms with van der Waals surface area (Å²) in [5, 5.41) is 0.654. The van der Waals surface area contributed by atoms with E-state index in [4.69, 9.17) is 27.9 Å². The Labute approximate surface area is 126 Å². The minimum Gasteiger partial charge on any atom is -0.494 e. The fourth-order valence-electron chi connectivity index (χ4n) is 2.28. The second kappa shape index (κ2) is 5.35. The fraction of sp³-hybridized carbons (Fsp3) is 0.133. The Balaban J connectivity index is 2.37. The van der Waals surface area contributed by atoms with Crippen LogP contribution in [-0.2, 0) is 5.88 Å². The molecule has 0 spiro atoms. The van der Waals surface area contributed by atoms with Gasteiger partial charge in [0.05, 0.1) is 29.2 Å². The molecule has 2 aromatic carbocycles. The van der Waals surface area contributed by atoms with E-state index in [1.807, 2.05) is 47.0 Å². The zero-order valence-electron chi connectivity index (χ0n) is 10.8. The second-order valence-electron chi connectivity index (χ2n) is 4.28. The molecule has 0 N–H and O–H groups in total. The van der Waals surface area contributed by atoms with Crippen molar-refractivity contribution >= 4 is 34.2 Å². The van der Waals surface area contributed by atoms with Crippen LogP contribution in [0.2, 0.25) is 5.02 Å². The number of fused-ring (bicyclic) bond motifs is 1. The van der Waals surface area contributed by atoms with Gasteiger partial charge in [0.2, 0.25) is 0 Å². The van der Waals surface area contributed by atoms with Gasteiger partial charge in [0.25, 0.3) is 0 Å². The number of alkyl halides is 1. The first-order chi connectivity index (χ1) is 9.76. The van der Waals surface area contributed by atoms with Gasteiger partial charge >= 0.3 is 0 Å². The minimum absolute atomic E-state index is 0.295. The second-order valence-corrected chi connectivity index (χ2v) is 4.95. The average molecular weight is 307 g/mol. The third-order valence-electron chi connectivity index (χ3n) is 3.15. The smallest absolute Gasteiger partial charge is 0.146 e.